The monoisotopic (exact) mass is 236 g/mol. The molecule has 94 valence electrons. The minimum absolute atomic E-state index is 0.575. The van der Waals surface area contributed by atoms with Crippen molar-refractivity contribution in [2.45, 2.75) is 43.7 Å². The van der Waals surface area contributed by atoms with E-state index >= 15 is 0 Å². The summed E-state index contributed by atoms with van der Waals surface area (Å²) >= 11 is 0. The number of nitriles is 1. The summed E-state index contributed by atoms with van der Waals surface area (Å²) in [6, 6.07) is 3.10. The average molecular weight is 236 g/mol. The predicted molar refractivity (Wildman–Crippen MR) is 62.3 cm³/mol. The minimum atomic E-state index is -0.811. The number of rotatable bonds is 2. The molecule has 0 amide bonds. The second-order valence-corrected chi connectivity index (χ2v) is 5.79. The molecule has 0 aromatic heterocycles. The molecule has 2 saturated heterocycles. The lowest BCUT2D eigenvalue weighted by molar-refractivity contribution is -0.0961. The molecule has 1 atom stereocenters. The van der Waals surface area contributed by atoms with Crippen LogP contribution in [0.3, 0.4) is 0 Å². The van der Waals surface area contributed by atoms with Crippen LogP contribution in [0.25, 0.3) is 0 Å². The fourth-order valence-electron chi connectivity index (χ4n) is 3.37. The fraction of sp³-hybridized carbons (Fsp3) is 0.923. The van der Waals surface area contributed by atoms with Crippen LogP contribution >= 0.6 is 0 Å². The van der Waals surface area contributed by atoms with Gasteiger partial charge >= 0.3 is 0 Å². The summed E-state index contributed by atoms with van der Waals surface area (Å²) in [5.41, 5.74) is -1.39. The first kappa shape index (κ1) is 11.5. The largest absolute Gasteiger partial charge is 0.387 e. The standard InChI is InChI=1S/C13H20N2O2/c14-9-12(4-7-17-8-5-12)13(16)3-6-15(10-13)11-1-2-11/h11,16H,1-8,10H2. The SMILES string of the molecule is N#CC1(C2(O)CCN(C3CC3)C2)CCOCC1. The number of ether oxygens (including phenoxy) is 1. The van der Waals surface area contributed by atoms with E-state index in [-0.39, 0.29) is 0 Å². The van der Waals surface area contributed by atoms with E-state index in [0.717, 1.165) is 13.0 Å². The highest BCUT2D eigenvalue weighted by atomic mass is 16.5. The minimum Gasteiger partial charge on any atom is -0.387 e. The molecule has 2 heterocycles. The Balaban J connectivity index is 1.78. The summed E-state index contributed by atoms with van der Waals surface area (Å²) in [6.45, 7) is 2.86. The predicted octanol–water partition coefficient (Wildman–Crippen LogP) is 0.906. The molecule has 2 aliphatic heterocycles. The van der Waals surface area contributed by atoms with E-state index in [4.69, 9.17) is 4.74 Å². The smallest absolute Gasteiger partial charge is 0.0973 e. The van der Waals surface area contributed by atoms with Crippen LogP contribution in [0.5, 0.6) is 0 Å². The van der Waals surface area contributed by atoms with Crippen molar-refractivity contribution in [2.24, 2.45) is 5.41 Å². The van der Waals surface area contributed by atoms with Crippen molar-refractivity contribution in [1.29, 1.82) is 5.26 Å². The maximum absolute atomic E-state index is 10.9. The summed E-state index contributed by atoms with van der Waals surface area (Å²) in [5, 5.41) is 20.4. The van der Waals surface area contributed by atoms with Gasteiger partial charge in [0.25, 0.3) is 0 Å². The molecule has 0 bridgehead atoms. The van der Waals surface area contributed by atoms with Crippen molar-refractivity contribution in [1.82, 2.24) is 4.90 Å². The number of likely N-dealkylation sites (tertiary alicyclic amines) is 1. The van der Waals surface area contributed by atoms with Crippen LogP contribution in [0.1, 0.15) is 32.1 Å². The van der Waals surface area contributed by atoms with E-state index in [1.807, 2.05) is 0 Å². The Morgan fingerprint density at radius 1 is 1.24 bits per heavy atom. The van der Waals surface area contributed by atoms with Crippen LogP contribution in [-0.2, 0) is 4.74 Å². The van der Waals surface area contributed by atoms with Gasteiger partial charge in [-0.1, -0.05) is 0 Å². The molecule has 0 aromatic rings. The van der Waals surface area contributed by atoms with Crippen molar-refractivity contribution in [3.8, 4) is 6.07 Å². The first-order chi connectivity index (χ1) is 8.19. The van der Waals surface area contributed by atoms with Gasteiger partial charge in [0.2, 0.25) is 0 Å². The third-order valence-electron chi connectivity index (χ3n) is 4.79. The van der Waals surface area contributed by atoms with Crippen molar-refractivity contribution >= 4 is 0 Å². The van der Waals surface area contributed by atoms with Gasteiger partial charge in [0.15, 0.2) is 0 Å². The van der Waals surface area contributed by atoms with Crippen LogP contribution in [0.15, 0.2) is 0 Å². The van der Waals surface area contributed by atoms with E-state index in [2.05, 4.69) is 11.0 Å². The molecule has 4 heteroatoms. The molecule has 0 spiro atoms. The molecule has 4 nitrogen and oxygen atoms in total. The molecule has 1 aliphatic carbocycles. The summed E-state index contributed by atoms with van der Waals surface area (Å²) in [6.07, 6.45) is 4.63. The first-order valence-corrected chi connectivity index (χ1v) is 6.65. The summed E-state index contributed by atoms with van der Waals surface area (Å²) < 4.78 is 5.34. The van der Waals surface area contributed by atoms with Crippen molar-refractivity contribution in [3.63, 3.8) is 0 Å². The lowest BCUT2D eigenvalue weighted by Gasteiger charge is -2.42. The normalized spacial score (nSPS) is 37.9. The molecule has 1 saturated carbocycles. The quantitative estimate of drug-likeness (QED) is 0.774. The highest BCUT2D eigenvalue weighted by Crippen LogP contribution is 2.47. The highest BCUT2D eigenvalue weighted by Gasteiger charge is 2.56. The summed E-state index contributed by atoms with van der Waals surface area (Å²) in [4.78, 5) is 2.37. The number of nitrogens with zero attached hydrogens (tertiary/aromatic N) is 2. The van der Waals surface area contributed by atoms with Crippen molar-refractivity contribution in [3.05, 3.63) is 0 Å². The number of β-amino-alcohol motifs (C(OH)–C–C–N with tert-alkyl or cyclic N) is 1. The Bertz CT molecular complexity index is 342. The van der Waals surface area contributed by atoms with Gasteiger partial charge < -0.3 is 9.84 Å². The highest BCUT2D eigenvalue weighted by molar-refractivity contribution is 5.16. The Labute approximate surface area is 102 Å². The van der Waals surface area contributed by atoms with E-state index in [1.54, 1.807) is 0 Å². The second-order valence-electron chi connectivity index (χ2n) is 5.79. The molecule has 1 unspecified atom stereocenters. The Morgan fingerprint density at radius 3 is 2.53 bits per heavy atom. The number of aliphatic hydroxyl groups is 1. The second kappa shape index (κ2) is 3.94. The lowest BCUT2D eigenvalue weighted by atomic mass is 9.67. The zero-order valence-corrected chi connectivity index (χ0v) is 10.2. The van der Waals surface area contributed by atoms with Gasteiger partial charge in [-0.25, -0.2) is 0 Å². The van der Waals surface area contributed by atoms with Gasteiger partial charge in [-0.15, -0.1) is 0 Å². The van der Waals surface area contributed by atoms with E-state index in [1.165, 1.54) is 12.8 Å². The zero-order valence-electron chi connectivity index (χ0n) is 10.2. The Morgan fingerprint density at radius 2 is 1.94 bits per heavy atom. The maximum atomic E-state index is 10.9. The van der Waals surface area contributed by atoms with Gasteiger partial charge in [-0.05, 0) is 32.1 Å². The molecule has 0 radical (unpaired) electrons. The lowest BCUT2D eigenvalue weighted by Crippen LogP contribution is -2.52. The third kappa shape index (κ3) is 1.77. The van der Waals surface area contributed by atoms with Gasteiger partial charge in [0, 0.05) is 32.3 Å². The topological polar surface area (TPSA) is 56.5 Å². The van der Waals surface area contributed by atoms with E-state index in [9.17, 15) is 10.4 Å². The van der Waals surface area contributed by atoms with Crippen LogP contribution in [-0.4, -0.2) is 48.0 Å². The van der Waals surface area contributed by atoms with Crippen molar-refractivity contribution < 1.29 is 9.84 Å². The average Bonchev–Trinajstić information content (AvgIpc) is 3.14. The first-order valence-electron chi connectivity index (χ1n) is 6.65. The van der Waals surface area contributed by atoms with Crippen molar-refractivity contribution in [2.75, 3.05) is 26.3 Å². The van der Waals surface area contributed by atoms with E-state index < -0.39 is 11.0 Å². The molecule has 17 heavy (non-hydrogen) atoms. The van der Waals surface area contributed by atoms with Gasteiger partial charge in [-0.2, -0.15) is 5.26 Å². The zero-order chi connectivity index (χ0) is 11.9. The van der Waals surface area contributed by atoms with E-state index in [0.29, 0.717) is 38.6 Å². The van der Waals surface area contributed by atoms with Gasteiger partial charge in [0.05, 0.1) is 17.1 Å². The Kier molecular flexibility index (Phi) is 2.66. The third-order valence-corrected chi connectivity index (χ3v) is 4.79. The van der Waals surface area contributed by atoms with Crippen LogP contribution in [0, 0.1) is 16.7 Å². The fourth-order valence-corrected chi connectivity index (χ4v) is 3.37. The number of hydrogen-bond acceptors (Lipinski definition) is 4. The molecule has 3 aliphatic rings. The summed E-state index contributed by atoms with van der Waals surface area (Å²) in [5.74, 6) is 0. The molecular formula is C13H20N2O2. The van der Waals surface area contributed by atoms with Gasteiger partial charge in [-0.3, -0.25) is 4.90 Å². The van der Waals surface area contributed by atoms with Crippen LogP contribution in [0.4, 0.5) is 0 Å². The maximum Gasteiger partial charge on any atom is 0.0973 e. The number of hydrogen-bond donors (Lipinski definition) is 1. The summed E-state index contributed by atoms with van der Waals surface area (Å²) in [7, 11) is 0. The molecule has 1 N–H and O–H groups in total. The van der Waals surface area contributed by atoms with Crippen LogP contribution in [0.2, 0.25) is 0 Å². The molecule has 3 fully saturated rings. The molecule has 3 rings (SSSR count). The molecule has 0 aromatic carbocycles. The molecular weight excluding hydrogens is 216 g/mol. The van der Waals surface area contributed by atoms with Crippen LogP contribution < -0.4 is 0 Å². The Hall–Kier alpha value is -0.630. The van der Waals surface area contributed by atoms with Gasteiger partial charge in [0.1, 0.15) is 0 Å².